The molecule has 172 valence electrons. The van der Waals surface area contributed by atoms with E-state index in [1.54, 1.807) is 6.07 Å². The van der Waals surface area contributed by atoms with Crippen LogP contribution in [-0.4, -0.2) is 14.7 Å². The van der Waals surface area contributed by atoms with Gasteiger partial charge in [0.1, 0.15) is 0 Å². The predicted octanol–water partition coefficient (Wildman–Crippen LogP) is 7.74. The fraction of sp³-hybridized carbons (Fsp3) is 0.154. The van der Waals surface area contributed by atoms with Crippen molar-refractivity contribution in [3.63, 3.8) is 0 Å². The van der Waals surface area contributed by atoms with E-state index in [1.165, 1.54) is 0 Å². The number of thiocarbonyl (C=S) groups is 1. The Bertz CT molecular complexity index is 1370. The highest BCUT2D eigenvalue weighted by atomic mass is 79.9. The lowest BCUT2D eigenvalue weighted by Gasteiger charge is -2.28. The third-order valence-electron chi connectivity index (χ3n) is 6.14. The molecule has 1 fully saturated rings. The van der Waals surface area contributed by atoms with Crippen molar-refractivity contribution in [1.82, 2.24) is 14.9 Å². The lowest BCUT2D eigenvalue weighted by atomic mass is 9.96. The van der Waals surface area contributed by atoms with Crippen LogP contribution in [-0.2, 0) is 0 Å². The Morgan fingerprint density at radius 3 is 2.44 bits per heavy atom. The summed E-state index contributed by atoms with van der Waals surface area (Å²) in [6.45, 7) is 4.20. The summed E-state index contributed by atoms with van der Waals surface area (Å²) in [5.74, 6) is 0. The zero-order valence-corrected chi connectivity index (χ0v) is 22.4. The van der Waals surface area contributed by atoms with Crippen LogP contribution in [0.4, 0.5) is 5.69 Å². The van der Waals surface area contributed by atoms with Crippen molar-refractivity contribution in [2.24, 2.45) is 0 Å². The number of aromatic nitrogens is 2. The number of rotatable bonds is 4. The van der Waals surface area contributed by atoms with E-state index in [9.17, 15) is 0 Å². The molecule has 5 rings (SSSR count). The number of anilines is 1. The van der Waals surface area contributed by atoms with Crippen LogP contribution in [0.5, 0.6) is 0 Å². The van der Waals surface area contributed by atoms with E-state index in [0.717, 1.165) is 38.5 Å². The van der Waals surface area contributed by atoms with Gasteiger partial charge in [-0.3, -0.25) is 4.98 Å². The van der Waals surface area contributed by atoms with Crippen LogP contribution in [0, 0.1) is 13.8 Å². The van der Waals surface area contributed by atoms with E-state index < -0.39 is 0 Å². The fourth-order valence-electron chi connectivity index (χ4n) is 4.67. The van der Waals surface area contributed by atoms with Gasteiger partial charge in [-0.05, 0) is 92.3 Å². The van der Waals surface area contributed by atoms with Gasteiger partial charge in [-0.15, -0.1) is 0 Å². The van der Waals surface area contributed by atoms with Crippen LogP contribution in [0.1, 0.15) is 34.7 Å². The molecule has 1 aliphatic heterocycles. The smallest absolute Gasteiger partial charge is 0.174 e. The average molecular weight is 572 g/mol. The molecule has 0 amide bonds. The minimum absolute atomic E-state index is 0.102. The third-order valence-corrected chi connectivity index (χ3v) is 7.52. The van der Waals surface area contributed by atoms with E-state index in [-0.39, 0.29) is 12.1 Å². The Labute approximate surface area is 222 Å². The molecular weight excluding hydrogens is 551 g/mol. The Morgan fingerprint density at radius 2 is 1.76 bits per heavy atom. The standard InChI is InChI=1S/C26H21BrCl2N4S/c1-15-13-20(16(2)32(15)23-11-8-18(28)14-21(23)29)25-24(22-5-3-4-12-30-22)31-26(34)33(25)19-9-6-17(27)7-10-19/h3-14,24-25H,1-2H3,(H,31,34)/t24-,25-/m0/s1. The lowest BCUT2D eigenvalue weighted by Crippen LogP contribution is -2.29. The molecule has 8 heteroatoms. The van der Waals surface area contributed by atoms with Gasteiger partial charge < -0.3 is 14.8 Å². The van der Waals surface area contributed by atoms with Crippen molar-refractivity contribution in [2.75, 3.05) is 4.90 Å². The number of aryl methyl sites for hydroxylation is 1. The maximum absolute atomic E-state index is 6.60. The Morgan fingerprint density at radius 1 is 1.00 bits per heavy atom. The molecule has 2 aromatic heterocycles. The van der Waals surface area contributed by atoms with E-state index in [2.05, 4.69) is 67.7 Å². The SMILES string of the molecule is Cc1cc([C@H]2[C@H](c3ccccn3)NC(=S)N2c2ccc(Br)cc2)c(C)n1-c1ccc(Cl)cc1Cl. The topological polar surface area (TPSA) is 33.1 Å². The van der Waals surface area contributed by atoms with Gasteiger partial charge in [0.15, 0.2) is 5.11 Å². The molecule has 3 heterocycles. The molecular formula is C26H21BrCl2N4S. The molecule has 1 N–H and O–H groups in total. The monoisotopic (exact) mass is 570 g/mol. The van der Waals surface area contributed by atoms with Crippen LogP contribution in [0.15, 0.2) is 77.4 Å². The Kier molecular flexibility index (Phi) is 6.42. The molecule has 0 spiro atoms. The van der Waals surface area contributed by atoms with Gasteiger partial charge in [0.2, 0.25) is 0 Å². The molecule has 2 aromatic carbocycles. The number of nitrogens with zero attached hydrogens (tertiary/aromatic N) is 3. The summed E-state index contributed by atoms with van der Waals surface area (Å²) in [6.07, 6.45) is 1.82. The van der Waals surface area contributed by atoms with Crippen LogP contribution < -0.4 is 10.2 Å². The normalized spacial score (nSPS) is 17.8. The first-order valence-electron chi connectivity index (χ1n) is 10.8. The Balaban J connectivity index is 1.69. The minimum atomic E-state index is -0.119. The first-order valence-corrected chi connectivity index (χ1v) is 12.7. The second-order valence-corrected chi connectivity index (χ2v) is 10.4. The van der Waals surface area contributed by atoms with Gasteiger partial charge in [-0.1, -0.05) is 45.2 Å². The van der Waals surface area contributed by atoms with Crippen molar-refractivity contribution in [1.29, 1.82) is 0 Å². The predicted molar refractivity (Wildman–Crippen MR) is 147 cm³/mol. The van der Waals surface area contributed by atoms with Gasteiger partial charge in [0, 0.05) is 32.8 Å². The van der Waals surface area contributed by atoms with Crippen molar-refractivity contribution in [3.8, 4) is 5.69 Å². The molecule has 0 radical (unpaired) electrons. The largest absolute Gasteiger partial charge is 0.351 e. The van der Waals surface area contributed by atoms with Gasteiger partial charge in [0.25, 0.3) is 0 Å². The zero-order chi connectivity index (χ0) is 24.0. The summed E-state index contributed by atoms with van der Waals surface area (Å²) < 4.78 is 3.19. The van der Waals surface area contributed by atoms with Crippen LogP contribution >= 0.6 is 51.3 Å². The first kappa shape index (κ1) is 23.4. The molecule has 0 aliphatic carbocycles. The highest BCUT2D eigenvalue weighted by molar-refractivity contribution is 9.10. The maximum atomic E-state index is 6.60. The molecule has 0 saturated carbocycles. The summed E-state index contributed by atoms with van der Waals surface area (Å²) in [7, 11) is 0. The molecule has 34 heavy (non-hydrogen) atoms. The molecule has 0 bridgehead atoms. The Hall–Kier alpha value is -2.38. The molecule has 4 nitrogen and oxygen atoms in total. The van der Waals surface area contributed by atoms with E-state index in [0.29, 0.717) is 15.2 Å². The van der Waals surface area contributed by atoms with Gasteiger partial charge in [-0.25, -0.2) is 0 Å². The van der Waals surface area contributed by atoms with Gasteiger partial charge in [0.05, 0.1) is 28.5 Å². The molecule has 0 unspecified atom stereocenters. The summed E-state index contributed by atoms with van der Waals surface area (Å²) >= 11 is 22.2. The van der Waals surface area contributed by atoms with Crippen LogP contribution in [0.3, 0.4) is 0 Å². The summed E-state index contributed by atoms with van der Waals surface area (Å²) in [5.41, 5.74) is 6.15. The average Bonchev–Trinajstić information content (AvgIpc) is 3.31. The van der Waals surface area contributed by atoms with Crippen molar-refractivity contribution >= 4 is 62.1 Å². The van der Waals surface area contributed by atoms with Gasteiger partial charge in [-0.2, -0.15) is 0 Å². The van der Waals surface area contributed by atoms with Crippen molar-refractivity contribution in [2.45, 2.75) is 25.9 Å². The molecule has 4 aromatic rings. The number of halogens is 3. The number of hydrogen-bond acceptors (Lipinski definition) is 2. The first-order chi connectivity index (χ1) is 16.3. The number of pyridine rings is 1. The summed E-state index contributed by atoms with van der Waals surface area (Å²) in [6, 6.07) is 21.7. The van der Waals surface area contributed by atoms with Crippen molar-refractivity contribution in [3.05, 3.63) is 110 Å². The van der Waals surface area contributed by atoms with Gasteiger partial charge >= 0.3 is 0 Å². The highest BCUT2D eigenvalue weighted by Gasteiger charge is 2.42. The number of nitrogens with one attached hydrogen (secondary N) is 1. The summed E-state index contributed by atoms with van der Waals surface area (Å²) in [4.78, 5) is 6.83. The lowest BCUT2D eigenvalue weighted by molar-refractivity contribution is 0.565. The zero-order valence-electron chi connectivity index (χ0n) is 18.5. The number of hydrogen-bond donors (Lipinski definition) is 1. The van der Waals surface area contributed by atoms with E-state index in [4.69, 9.17) is 35.4 Å². The van der Waals surface area contributed by atoms with E-state index >= 15 is 0 Å². The second kappa shape index (κ2) is 9.34. The quantitative estimate of drug-likeness (QED) is 0.254. The molecule has 2 atom stereocenters. The highest BCUT2D eigenvalue weighted by Crippen LogP contribution is 2.44. The molecule has 1 saturated heterocycles. The minimum Gasteiger partial charge on any atom is -0.351 e. The van der Waals surface area contributed by atoms with Crippen LogP contribution in [0.2, 0.25) is 10.0 Å². The third kappa shape index (κ3) is 4.13. The number of benzene rings is 2. The van der Waals surface area contributed by atoms with Crippen LogP contribution in [0.25, 0.3) is 5.69 Å². The fourth-order valence-corrected chi connectivity index (χ4v) is 5.77. The van der Waals surface area contributed by atoms with Crippen molar-refractivity contribution < 1.29 is 0 Å². The maximum Gasteiger partial charge on any atom is 0.174 e. The van der Waals surface area contributed by atoms with E-state index in [1.807, 2.05) is 48.7 Å². The second-order valence-electron chi connectivity index (χ2n) is 8.23. The molecule has 1 aliphatic rings. The summed E-state index contributed by atoms with van der Waals surface area (Å²) in [5, 5.41) is 5.40.